The van der Waals surface area contributed by atoms with E-state index in [1.807, 2.05) is 0 Å². The molecule has 2 unspecified atom stereocenters. The molecule has 0 saturated carbocycles. The van der Waals surface area contributed by atoms with Gasteiger partial charge < -0.3 is 20.1 Å². The van der Waals surface area contributed by atoms with Crippen molar-refractivity contribution in [3.8, 4) is 0 Å². The number of likely N-dealkylation sites (tertiary alicyclic amines) is 1. The molecule has 1 aliphatic heterocycles. The number of ether oxygens (including phenoxy) is 1. The maximum atomic E-state index is 11.9. The number of hydrogen-bond acceptors (Lipinski definition) is 3. The average Bonchev–Trinajstić information content (AvgIpc) is 2.41. The fourth-order valence-electron chi connectivity index (χ4n) is 2.26. The molecule has 0 spiro atoms. The van der Waals surface area contributed by atoms with Gasteiger partial charge in [-0.2, -0.15) is 13.2 Å². The third-order valence-electron chi connectivity index (χ3n) is 3.43. The second-order valence-corrected chi connectivity index (χ2v) is 5.34. The molecule has 0 radical (unpaired) electrons. The number of halogens is 3. The first-order valence-electron chi connectivity index (χ1n) is 7.15. The summed E-state index contributed by atoms with van der Waals surface area (Å²) in [4.78, 5) is 13.5. The average molecular weight is 312 g/mol. The molecule has 1 aliphatic rings. The minimum atomic E-state index is -4.31. The van der Waals surface area contributed by atoms with E-state index in [2.05, 4.69) is 10.1 Å². The lowest BCUT2D eigenvalue weighted by atomic mass is 9.94. The van der Waals surface area contributed by atoms with Crippen LogP contribution in [0.3, 0.4) is 0 Å². The molecule has 0 bridgehead atoms. The van der Waals surface area contributed by atoms with Crippen LogP contribution >= 0.6 is 0 Å². The molecular formula is C13H23F3N2O3. The number of urea groups is 1. The van der Waals surface area contributed by atoms with Crippen LogP contribution in [0.25, 0.3) is 0 Å². The first-order valence-corrected chi connectivity index (χ1v) is 7.15. The van der Waals surface area contributed by atoms with E-state index in [9.17, 15) is 23.1 Å². The predicted molar refractivity (Wildman–Crippen MR) is 70.9 cm³/mol. The summed E-state index contributed by atoms with van der Waals surface area (Å²) in [5.41, 5.74) is 0. The van der Waals surface area contributed by atoms with E-state index in [1.165, 1.54) is 0 Å². The van der Waals surface area contributed by atoms with Crippen LogP contribution in [0.1, 0.15) is 26.2 Å². The zero-order valence-corrected chi connectivity index (χ0v) is 12.2. The Bertz CT molecular complexity index is 324. The van der Waals surface area contributed by atoms with Gasteiger partial charge >= 0.3 is 12.2 Å². The highest BCUT2D eigenvalue weighted by atomic mass is 19.4. The summed E-state index contributed by atoms with van der Waals surface area (Å²) in [7, 11) is 0. The predicted octanol–water partition coefficient (Wildman–Crippen LogP) is 1.76. The van der Waals surface area contributed by atoms with Crippen LogP contribution < -0.4 is 5.32 Å². The van der Waals surface area contributed by atoms with Gasteiger partial charge in [-0.25, -0.2) is 4.79 Å². The Hall–Kier alpha value is -1.02. The highest BCUT2D eigenvalue weighted by Gasteiger charge is 2.27. The van der Waals surface area contributed by atoms with Crippen molar-refractivity contribution in [1.82, 2.24) is 10.2 Å². The molecule has 2 N–H and O–H groups in total. The fourth-order valence-corrected chi connectivity index (χ4v) is 2.26. The summed E-state index contributed by atoms with van der Waals surface area (Å²) >= 11 is 0. The third-order valence-corrected chi connectivity index (χ3v) is 3.43. The summed E-state index contributed by atoms with van der Waals surface area (Å²) in [6, 6.07) is -0.240. The standard InChI is InChI=1S/C13H23F3N2O3/c1-10(19)11-4-2-6-18(8-11)12(20)17-5-3-7-21-9-13(14,15)16/h10-11,19H,2-9H2,1H3,(H,17,20). The molecule has 2 amide bonds. The zero-order chi connectivity index (χ0) is 15.9. The van der Waals surface area contributed by atoms with Gasteiger partial charge in [0.2, 0.25) is 0 Å². The van der Waals surface area contributed by atoms with Gasteiger partial charge in [-0.15, -0.1) is 0 Å². The van der Waals surface area contributed by atoms with E-state index in [0.29, 0.717) is 19.5 Å². The number of aliphatic hydroxyl groups is 1. The van der Waals surface area contributed by atoms with Gasteiger partial charge in [0.1, 0.15) is 6.61 Å². The molecule has 0 aliphatic carbocycles. The van der Waals surface area contributed by atoms with Crippen molar-refractivity contribution < 1.29 is 27.8 Å². The first-order chi connectivity index (χ1) is 9.79. The molecule has 1 rings (SSSR count). The second kappa shape index (κ2) is 8.43. The number of nitrogens with one attached hydrogen (secondary N) is 1. The molecule has 0 aromatic heterocycles. The van der Waals surface area contributed by atoms with Gasteiger partial charge in [-0.05, 0) is 26.2 Å². The van der Waals surface area contributed by atoms with Gasteiger partial charge in [0.15, 0.2) is 0 Å². The number of alkyl halides is 3. The summed E-state index contributed by atoms with van der Waals surface area (Å²) in [6.07, 6.45) is -2.69. The van der Waals surface area contributed by atoms with Gasteiger partial charge in [0, 0.05) is 32.2 Å². The van der Waals surface area contributed by atoms with E-state index in [4.69, 9.17) is 0 Å². The molecule has 1 fully saturated rings. The van der Waals surface area contributed by atoms with Crippen LogP contribution in [-0.2, 0) is 4.74 Å². The van der Waals surface area contributed by atoms with E-state index < -0.39 is 18.9 Å². The smallest absolute Gasteiger partial charge is 0.393 e. The topological polar surface area (TPSA) is 61.8 Å². The minimum absolute atomic E-state index is 0.0455. The van der Waals surface area contributed by atoms with E-state index in [0.717, 1.165) is 12.8 Å². The molecule has 5 nitrogen and oxygen atoms in total. The monoisotopic (exact) mass is 312 g/mol. The number of aliphatic hydroxyl groups excluding tert-OH is 1. The van der Waals surface area contributed by atoms with Gasteiger partial charge in [-0.3, -0.25) is 0 Å². The lowest BCUT2D eigenvalue weighted by Gasteiger charge is -2.34. The Morgan fingerprint density at radius 2 is 2.24 bits per heavy atom. The number of carbonyl (C=O) groups excluding carboxylic acids is 1. The number of carbonyl (C=O) groups is 1. The van der Waals surface area contributed by atoms with Crippen molar-refractivity contribution in [3.63, 3.8) is 0 Å². The third kappa shape index (κ3) is 7.52. The van der Waals surface area contributed by atoms with Crippen molar-refractivity contribution >= 4 is 6.03 Å². The van der Waals surface area contributed by atoms with Crippen LogP contribution in [0.5, 0.6) is 0 Å². The number of hydrogen-bond donors (Lipinski definition) is 2. The van der Waals surface area contributed by atoms with Crippen LogP contribution in [0.15, 0.2) is 0 Å². The summed E-state index contributed by atoms with van der Waals surface area (Å²) in [5, 5.41) is 12.2. The second-order valence-electron chi connectivity index (χ2n) is 5.34. The summed E-state index contributed by atoms with van der Waals surface area (Å²) in [6.45, 7) is 1.82. The SMILES string of the molecule is CC(O)C1CCCN(C(=O)NCCCOCC(F)(F)F)C1. The number of amides is 2. The molecule has 2 atom stereocenters. The Balaban J connectivity index is 2.13. The Morgan fingerprint density at radius 3 is 2.86 bits per heavy atom. The Morgan fingerprint density at radius 1 is 1.52 bits per heavy atom. The van der Waals surface area contributed by atoms with Gasteiger partial charge in [0.25, 0.3) is 0 Å². The minimum Gasteiger partial charge on any atom is -0.393 e. The van der Waals surface area contributed by atoms with E-state index in [-0.39, 0.29) is 25.1 Å². The van der Waals surface area contributed by atoms with Gasteiger partial charge in [0.05, 0.1) is 6.10 Å². The van der Waals surface area contributed by atoms with Crippen molar-refractivity contribution in [2.45, 2.75) is 38.5 Å². The van der Waals surface area contributed by atoms with Crippen molar-refractivity contribution in [2.24, 2.45) is 5.92 Å². The maximum absolute atomic E-state index is 11.9. The van der Waals surface area contributed by atoms with Crippen molar-refractivity contribution in [2.75, 3.05) is 32.8 Å². The normalized spacial score (nSPS) is 21.2. The first kappa shape index (κ1) is 18.0. The zero-order valence-electron chi connectivity index (χ0n) is 12.2. The lowest BCUT2D eigenvalue weighted by Crippen LogP contribution is -2.47. The van der Waals surface area contributed by atoms with Crippen LogP contribution in [0.4, 0.5) is 18.0 Å². The molecule has 21 heavy (non-hydrogen) atoms. The lowest BCUT2D eigenvalue weighted by molar-refractivity contribution is -0.173. The molecule has 0 aromatic rings. The largest absolute Gasteiger partial charge is 0.411 e. The molecule has 1 heterocycles. The molecule has 0 aromatic carbocycles. The summed E-state index contributed by atoms with van der Waals surface area (Å²) < 4.78 is 39.9. The summed E-state index contributed by atoms with van der Waals surface area (Å²) in [5.74, 6) is 0.0830. The molecule has 1 saturated heterocycles. The van der Waals surface area contributed by atoms with Crippen LogP contribution in [-0.4, -0.2) is 61.2 Å². The number of piperidine rings is 1. The van der Waals surface area contributed by atoms with E-state index in [1.54, 1.807) is 11.8 Å². The fraction of sp³-hybridized carbons (Fsp3) is 0.923. The quantitative estimate of drug-likeness (QED) is 0.735. The maximum Gasteiger partial charge on any atom is 0.411 e. The van der Waals surface area contributed by atoms with Gasteiger partial charge in [-0.1, -0.05) is 0 Å². The Labute approximate surface area is 122 Å². The van der Waals surface area contributed by atoms with Crippen LogP contribution in [0.2, 0.25) is 0 Å². The van der Waals surface area contributed by atoms with Crippen LogP contribution in [0, 0.1) is 5.92 Å². The number of nitrogens with zero attached hydrogens (tertiary/aromatic N) is 1. The Kier molecular flexibility index (Phi) is 7.24. The highest BCUT2D eigenvalue weighted by molar-refractivity contribution is 5.74. The highest BCUT2D eigenvalue weighted by Crippen LogP contribution is 2.19. The molecular weight excluding hydrogens is 289 g/mol. The number of rotatable bonds is 6. The molecule has 8 heteroatoms. The van der Waals surface area contributed by atoms with Crippen molar-refractivity contribution in [3.05, 3.63) is 0 Å². The van der Waals surface area contributed by atoms with E-state index >= 15 is 0 Å². The molecule has 124 valence electrons. The van der Waals surface area contributed by atoms with Crippen molar-refractivity contribution in [1.29, 1.82) is 0 Å².